The molecule has 0 aromatic heterocycles. The number of ether oxygens (including phenoxy) is 1. The molecule has 0 radical (unpaired) electrons. The molecule has 6 nitrogen and oxygen atoms in total. The number of fused-ring (bicyclic) bond motifs is 1. The van der Waals surface area contributed by atoms with Gasteiger partial charge in [0.1, 0.15) is 11.5 Å². The van der Waals surface area contributed by atoms with Crippen LogP contribution in [0.3, 0.4) is 0 Å². The van der Waals surface area contributed by atoms with E-state index < -0.39 is 21.9 Å². The van der Waals surface area contributed by atoms with Gasteiger partial charge >= 0.3 is 5.97 Å². The third-order valence-corrected chi connectivity index (χ3v) is 5.88. The number of esters is 1. The van der Waals surface area contributed by atoms with Crippen molar-refractivity contribution in [3.8, 4) is 0 Å². The first-order valence-electron chi connectivity index (χ1n) is 7.73. The molecule has 7 heteroatoms. The predicted octanol–water partition coefficient (Wildman–Crippen LogP) is 2.30. The minimum Gasteiger partial charge on any atom is -0.460 e. The largest absolute Gasteiger partial charge is 0.460 e. The van der Waals surface area contributed by atoms with E-state index in [0.29, 0.717) is 5.56 Å². The second-order valence-corrected chi connectivity index (χ2v) is 7.66. The van der Waals surface area contributed by atoms with E-state index in [-0.39, 0.29) is 23.6 Å². The van der Waals surface area contributed by atoms with Crippen LogP contribution in [0.1, 0.15) is 31.8 Å². The highest BCUT2D eigenvalue weighted by Gasteiger charge is 2.40. The molecule has 1 aliphatic rings. The maximum Gasteiger partial charge on any atom is 0.338 e. The Balaban J connectivity index is 1.69. The fourth-order valence-electron chi connectivity index (χ4n) is 2.79. The third-order valence-electron chi connectivity index (χ3n) is 4.04. The molecule has 0 atom stereocenters. The van der Waals surface area contributed by atoms with E-state index in [9.17, 15) is 18.0 Å². The maximum atomic E-state index is 12.4. The van der Waals surface area contributed by atoms with E-state index in [1.54, 1.807) is 31.2 Å². The summed E-state index contributed by atoms with van der Waals surface area (Å²) in [7, 11) is -3.88. The zero-order valence-corrected chi connectivity index (χ0v) is 14.7. The summed E-state index contributed by atoms with van der Waals surface area (Å²) in [4.78, 5) is 24.4. The van der Waals surface area contributed by atoms with Crippen LogP contribution in [-0.2, 0) is 14.8 Å². The molecule has 0 fully saturated rings. The van der Waals surface area contributed by atoms with E-state index in [0.717, 1.165) is 15.4 Å². The van der Waals surface area contributed by atoms with Gasteiger partial charge in [0, 0.05) is 0 Å². The molecule has 0 saturated carbocycles. The average Bonchev–Trinajstić information content (AvgIpc) is 2.76. The summed E-state index contributed by atoms with van der Waals surface area (Å²) < 4.78 is 30.7. The lowest BCUT2D eigenvalue weighted by atomic mass is 10.1. The van der Waals surface area contributed by atoms with Gasteiger partial charge in [-0.05, 0) is 37.6 Å². The predicted molar refractivity (Wildman–Crippen MR) is 90.9 cm³/mol. The lowest BCUT2D eigenvalue weighted by molar-refractivity contribution is 0.0477. The highest BCUT2D eigenvalue weighted by Crippen LogP contribution is 2.29. The normalized spacial score (nSPS) is 15.1. The van der Waals surface area contributed by atoms with Gasteiger partial charge in [0.15, 0.2) is 0 Å². The number of aryl methyl sites for hydroxylation is 2. The molecule has 0 bridgehead atoms. The van der Waals surface area contributed by atoms with E-state index in [2.05, 4.69) is 0 Å². The monoisotopic (exact) mass is 359 g/mol. The number of benzene rings is 2. The summed E-state index contributed by atoms with van der Waals surface area (Å²) >= 11 is 0. The van der Waals surface area contributed by atoms with Gasteiger partial charge in [-0.2, -0.15) is 0 Å². The first-order chi connectivity index (χ1) is 11.8. The van der Waals surface area contributed by atoms with Crippen molar-refractivity contribution in [2.45, 2.75) is 18.7 Å². The maximum absolute atomic E-state index is 12.4. The van der Waals surface area contributed by atoms with Gasteiger partial charge in [-0.25, -0.2) is 17.5 Å². The Morgan fingerprint density at radius 3 is 2.52 bits per heavy atom. The lowest BCUT2D eigenvalue weighted by Crippen LogP contribution is -2.33. The van der Waals surface area contributed by atoms with E-state index in [1.165, 1.54) is 12.1 Å². The smallest absolute Gasteiger partial charge is 0.338 e. The molecule has 0 spiro atoms. The molecule has 0 N–H and O–H groups in total. The lowest BCUT2D eigenvalue weighted by Gasteiger charge is -2.15. The Hall–Kier alpha value is -2.67. The molecule has 0 saturated heterocycles. The Morgan fingerprint density at radius 2 is 1.84 bits per heavy atom. The van der Waals surface area contributed by atoms with Crippen molar-refractivity contribution in [3.63, 3.8) is 0 Å². The SMILES string of the molecule is Cc1ccc(C(=O)OCCN2C(=O)c3ccccc3S2(=O)=O)c(C)c1. The summed E-state index contributed by atoms with van der Waals surface area (Å²) in [6, 6.07) is 11.4. The molecule has 130 valence electrons. The topological polar surface area (TPSA) is 80.8 Å². The van der Waals surface area contributed by atoms with Gasteiger partial charge in [0.05, 0.1) is 17.7 Å². The van der Waals surface area contributed by atoms with Crippen molar-refractivity contribution in [2.75, 3.05) is 13.2 Å². The minimum atomic E-state index is -3.88. The Labute approximate surface area is 146 Å². The fourth-order valence-corrected chi connectivity index (χ4v) is 4.35. The standard InChI is InChI=1S/C18H17NO5S/c1-12-7-8-14(13(2)11-12)18(21)24-10-9-19-17(20)15-5-3-4-6-16(15)25(19,22)23/h3-8,11H,9-10H2,1-2H3. The third kappa shape index (κ3) is 3.02. The van der Waals surface area contributed by atoms with Crippen LogP contribution in [0, 0.1) is 13.8 Å². The van der Waals surface area contributed by atoms with Crippen LogP contribution in [0.15, 0.2) is 47.4 Å². The molecule has 25 heavy (non-hydrogen) atoms. The van der Waals surface area contributed by atoms with Crippen LogP contribution in [0.5, 0.6) is 0 Å². The zero-order valence-electron chi connectivity index (χ0n) is 13.9. The number of carbonyl (C=O) groups excluding carboxylic acids is 2. The molecule has 3 rings (SSSR count). The van der Waals surface area contributed by atoms with E-state index >= 15 is 0 Å². The van der Waals surface area contributed by atoms with Crippen molar-refractivity contribution >= 4 is 21.9 Å². The molecule has 2 aromatic rings. The van der Waals surface area contributed by atoms with Crippen molar-refractivity contribution < 1.29 is 22.7 Å². The quantitative estimate of drug-likeness (QED) is 0.783. The molecular formula is C18H17NO5S. The highest BCUT2D eigenvalue weighted by atomic mass is 32.2. The first-order valence-corrected chi connectivity index (χ1v) is 9.17. The molecule has 1 aliphatic heterocycles. The van der Waals surface area contributed by atoms with Crippen LogP contribution < -0.4 is 0 Å². The van der Waals surface area contributed by atoms with Gasteiger partial charge < -0.3 is 4.74 Å². The average molecular weight is 359 g/mol. The van der Waals surface area contributed by atoms with Crippen molar-refractivity contribution in [3.05, 3.63) is 64.7 Å². The number of hydrogen-bond donors (Lipinski definition) is 0. The summed E-state index contributed by atoms with van der Waals surface area (Å²) in [5, 5.41) is 0. The van der Waals surface area contributed by atoms with Crippen LogP contribution in [0.25, 0.3) is 0 Å². The first kappa shape index (κ1) is 17.2. The van der Waals surface area contributed by atoms with Crippen molar-refractivity contribution in [1.29, 1.82) is 0 Å². The van der Waals surface area contributed by atoms with Gasteiger partial charge in [-0.3, -0.25) is 4.79 Å². The van der Waals surface area contributed by atoms with Crippen molar-refractivity contribution in [1.82, 2.24) is 4.31 Å². The molecule has 0 aliphatic carbocycles. The van der Waals surface area contributed by atoms with Gasteiger partial charge in [0.2, 0.25) is 0 Å². The number of hydrogen-bond acceptors (Lipinski definition) is 5. The minimum absolute atomic E-state index is 0.0132. The van der Waals surface area contributed by atoms with Gasteiger partial charge in [0.25, 0.3) is 15.9 Å². The number of amides is 1. The summed E-state index contributed by atoms with van der Waals surface area (Å²) in [6.45, 7) is 3.30. The van der Waals surface area contributed by atoms with Crippen LogP contribution in [0.4, 0.5) is 0 Å². The Kier molecular flexibility index (Phi) is 4.34. The molecule has 1 amide bonds. The van der Waals surface area contributed by atoms with Gasteiger partial charge in [-0.15, -0.1) is 0 Å². The summed E-state index contributed by atoms with van der Waals surface area (Å²) in [5.41, 5.74) is 2.37. The van der Waals surface area contributed by atoms with E-state index in [1.807, 2.05) is 13.0 Å². The van der Waals surface area contributed by atoms with E-state index in [4.69, 9.17) is 4.74 Å². The summed E-state index contributed by atoms with van der Waals surface area (Å²) in [6.07, 6.45) is 0. The number of carbonyl (C=O) groups is 2. The van der Waals surface area contributed by atoms with Gasteiger partial charge in [-0.1, -0.05) is 29.8 Å². The zero-order chi connectivity index (χ0) is 18.2. The summed E-state index contributed by atoms with van der Waals surface area (Å²) in [5.74, 6) is -1.14. The highest BCUT2D eigenvalue weighted by molar-refractivity contribution is 7.90. The fraction of sp³-hybridized carbons (Fsp3) is 0.222. The Morgan fingerprint density at radius 1 is 1.12 bits per heavy atom. The number of nitrogens with zero attached hydrogens (tertiary/aromatic N) is 1. The molecule has 0 unspecified atom stereocenters. The van der Waals surface area contributed by atoms with Crippen LogP contribution in [-0.4, -0.2) is 37.8 Å². The second kappa shape index (κ2) is 6.33. The Bertz CT molecular complexity index is 965. The van der Waals surface area contributed by atoms with Crippen LogP contribution in [0.2, 0.25) is 0 Å². The number of rotatable bonds is 4. The van der Waals surface area contributed by atoms with Crippen molar-refractivity contribution in [2.24, 2.45) is 0 Å². The number of sulfonamides is 1. The second-order valence-electron chi connectivity index (χ2n) is 5.83. The molecule has 1 heterocycles. The molecular weight excluding hydrogens is 342 g/mol. The van der Waals surface area contributed by atoms with Crippen LogP contribution >= 0.6 is 0 Å². The molecule has 2 aromatic carbocycles.